The number of para-hydroxylation sites is 1. The Morgan fingerprint density at radius 2 is 1.90 bits per heavy atom. The first-order chi connectivity index (χ1) is 9.53. The number of benzene rings is 1. The van der Waals surface area contributed by atoms with Crippen LogP contribution in [0.2, 0.25) is 0 Å². The van der Waals surface area contributed by atoms with Gasteiger partial charge in [-0.1, -0.05) is 25.1 Å². The van der Waals surface area contributed by atoms with Crippen molar-refractivity contribution in [1.29, 1.82) is 0 Å². The number of sulfonamides is 1. The van der Waals surface area contributed by atoms with E-state index in [-0.39, 0.29) is 0 Å². The highest BCUT2D eigenvalue weighted by Crippen LogP contribution is 2.27. The van der Waals surface area contributed by atoms with E-state index < -0.39 is 10.0 Å². The van der Waals surface area contributed by atoms with Crippen molar-refractivity contribution in [2.45, 2.75) is 24.6 Å². The van der Waals surface area contributed by atoms with Crippen LogP contribution in [0.3, 0.4) is 0 Å². The second-order valence-corrected chi connectivity index (χ2v) is 7.47. The predicted molar refractivity (Wildman–Crippen MR) is 83.7 cm³/mol. The molecular weight excluding hydrogens is 292 g/mol. The molecule has 0 bridgehead atoms. The van der Waals surface area contributed by atoms with Crippen LogP contribution in [0.25, 0.3) is 0 Å². The third-order valence-corrected chi connectivity index (χ3v) is 5.92. The Labute approximate surface area is 123 Å². The summed E-state index contributed by atoms with van der Waals surface area (Å²) in [5, 5.41) is 3.22. The Morgan fingerprint density at radius 3 is 2.55 bits per heavy atom. The van der Waals surface area contributed by atoms with E-state index in [0.29, 0.717) is 16.4 Å². The summed E-state index contributed by atoms with van der Waals surface area (Å²) in [5.74, 6) is 0. The first-order valence-corrected chi connectivity index (χ1v) is 8.71. The SMILES string of the molecule is CCNCc1sc(S(=O)(=O)Nc2ccccc2)cc1C. The van der Waals surface area contributed by atoms with Crippen LogP contribution in [0.4, 0.5) is 5.69 Å². The van der Waals surface area contributed by atoms with Gasteiger partial charge in [-0.2, -0.15) is 0 Å². The highest BCUT2D eigenvalue weighted by molar-refractivity contribution is 7.94. The summed E-state index contributed by atoms with van der Waals surface area (Å²) in [6, 6.07) is 10.6. The van der Waals surface area contributed by atoms with Crippen molar-refractivity contribution in [1.82, 2.24) is 5.32 Å². The number of hydrogen-bond donors (Lipinski definition) is 2. The van der Waals surface area contributed by atoms with Gasteiger partial charge in [0.05, 0.1) is 0 Å². The van der Waals surface area contributed by atoms with E-state index >= 15 is 0 Å². The lowest BCUT2D eigenvalue weighted by Crippen LogP contribution is -2.11. The number of nitrogens with one attached hydrogen (secondary N) is 2. The van der Waals surface area contributed by atoms with Gasteiger partial charge in [-0.05, 0) is 37.2 Å². The molecular formula is C14H18N2O2S2. The Balaban J connectivity index is 2.21. The molecule has 0 amide bonds. The maximum atomic E-state index is 12.3. The first kappa shape index (κ1) is 15.0. The molecule has 0 saturated heterocycles. The van der Waals surface area contributed by atoms with Crippen molar-refractivity contribution in [3.63, 3.8) is 0 Å². The van der Waals surface area contributed by atoms with Crippen LogP contribution in [-0.2, 0) is 16.6 Å². The van der Waals surface area contributed by atoms with Crippen LogP contribution in [0.5, 0.6) is 0 Å². The van der Waals surface area contributed by atoms with E-state index in [1.165, 1.54) is 11.3 Å². The van der Waals surface area contributed by atoms with Crippen molar-refractivity contribution in [3.05, 3.63) is 46.8 Å². The van der Waals surface area contributed by atoms with Crippen LogP contribution in [-0.4, -0.2) is 15.0 Å². The lowest BCUT2D eigenvalue weighted by molar-refractivity contribution is 0.603. The number of anilines is 1. The average Bonchev–Trinajstić information content (AvgIpc) is 2.79. The van der Waals surface area contributed by atoms with Gasteiger partial charge >= 0.3 is 0 Å². The van der Waals surface area contributed by atoms with Gasteiger partial charge in [0.2, 0.25) is 0 Å². The lowest BCUT2D eigenvalue weighted by atomic mass is 10.3. The van der Waals surface area contributed by atoms with Crippen molar-refractivity contribution >= 4 is 27.0 Å². The summed E-state index contributed by atoms with van der Waals surface area (Å²) in [7, 11) is -3.50. The molecule has 20 heavy (non-hydrogen) atoms. The molecule has 1 aromatic carbocycles. The fourth-order valence-electron chi connectivity index (χ4n) is 1.75. The highest BCUT2D eigenvalue weighted by Gasteiger charge is 2.18. The molecule has 4 nitrogen and oxygen atoms in total. The largest absolute Gasteiger partial charge is 0.312 e. The van der Waals surface area contributed by atoms with Gasteiger partial charge < -0.3 is 5.32 Å². The molecule has 0 aliphatic heterocycles. The van der Waals surface area contributed by atoms with Crippen LogP contribution in [0, 0.1) is 6.92 Å². The molecule has 0 spiro atoms. The standard InChI is InChI=1S/C14H18N2O2S2/c1-3-15-10-13-11(2)9-14(19-13)20(17,18)16-12-7-5-4-6-8-12/h4-9,15-16H,3,10H2,1-2H3. The molecule has 0 saturated carbocycles. The second kappa shape index (κ2) is 6.39. The molecule has 6 heteroatoms. The van der Waals surface area contributed by atoms with E-state index in [9.17, 15) is 8.42 Å². The molecule has 0 aliphatic rings. The highest BCUT2D eigenvalue weighted by atomic mass is 32.2. The summed E-state index contributed by atoms with van der Waals surface area (Å²) in [6.45, 7) is 5.53. The van der Waals surface area contributed by atoms with Gasteiger partial charge in [-0.25, -0.2) is 8.42 Å². The Kier molecular flexibility index (Phi) is 4.80. The summed E-state index contributed by atoms with van der Waals surface area (Å²) < 4.78 is 27.6. The quantitative estimate of drug-likeness (QED) is 0.862. The number of hydrogen-bond acceptors (Lipinski definition) is 4. The Bertz CT molecular complexity index is 664. The number of rotatable bonds is 6. The molecule has 2 N–H and O–H groups in total. The smallest absolute Gasteiger partial charge is 0.271 e. The topological polar surface area (TPSA) is 58.2 Å². The van der Waals surface area contributed by atoms with E-state index in [2.05, 4.69) is 10.0 Å². The first-order valence-electron chi connectivity index (χ1n) is 6.41. The maximum Gasteiger partial charge on any atom is 0.271 e. The van der Waals surface area contributed by atoms with Crippen LogP contribution in [0.1, 0.15) is 17.4 Å². The zero-order valence-electron chi connectivity index (χ0n) is 11.5. The minimum Gasteiger partial charge on any atom is -0.312 e. The summed E-state index contributed by atoms with van der Waals surface area (Å²) in [5.41, 5.74) is 1.58. The predicted octanol–water partition coefficient (Wildman–Crippen LogP) is 2.97. The second-order valence-electron chi connectivity index (χ2n) is 4.42. The van der Waals surface area contributed by atoms with Crippen molar-refractivity contribution in [2.75, 3.05) is 11.3 Å². The summed E-state index contributed by atoms with van der Waals surface area (Å²) >= 11 is 1.31. The van der Waals surface area contributed by atoms with Crippen molar-refractivity contribution in [2.24, 2.45) is 0 Å². The Morgan fingerprint density at radius 1 is 1.20 bits per heavy atom. The minimum atomic E-state index is -3.50. The molecule has 1 heterocycles. The zero-order valence-corrected chi connectivity index (χ0v) is 13.1. The van der Waals surface area contributed by atoms with Crippen LogP contribution < -0.4 is 10.0 Å². The third kappa shape index (κ3) is 3.59. The van der Waals surface area contributed by atoms with Gasteiger partial charge in [0.15, 0.2) is 0 Å². The van der Waals surface area contributed by atoms with Gasteiger partial charge in [-0.15, -0.1) is 11.3 Å². The monoisotopic (exact) mass is 310 g/mol. The maximum absolute atomic E-state index is 12.3. The average molecular weight is 310 g/mol. The Hall–Kier alpha value is -1.37. The molecule has 1 aromatic heterocycles. The molecule has 0 aliphatic carbocycles. The zero-order chi connectivity index (χ0) is 14.6. The fourth-order valence-corrected chi connectivity index (χ4v) is 4.36. The van der Waals surface area contributed by atoms with Gasteiger partial charge in [0.1, 0.15) is 4.21 Å². The van der Waals surface area contributed by atoms with Crippen LogP contribution >= 0.6 is 11.3 Å². The lowest BCUT2D eigenvalue weighted by Gasteiger charge is -2.05. The molecule has 0 fully saturated rings. The summed E-state index contributed by atoms with van der Waals surface area (Å²) in [6.07, 6.45) is 0. The van der Waals surface area contributed by atoms with E-state index in [1.54, 1.807) is 30.3 Å². The molecule has 2 rings (SSSR count). The van der Waals surface area contributed by atoms with Crippen molar-refractivity contribution < 1.29 is 8.42 Å². The third-order valence-electron chi connectivity index (χ3n) is 2.82. The number of aryl methyl sites for hydroxylation is 1. The molecule has 0 unspecified atom stereocenters. The van der Waals surface area contributed by atoms with Crippen LogP contribution in [0.15, 0.2) is 40.6 Å². The summed E-state index contributed by atoms with van der Waals surface area (Å²) in [4.78, 5) is 1.06. The fraction of sp³-hybridized carbons (Fsp3) is 0.286. The van der Waals surface area contributed by atoms with Gasteiger partial charge in [-0.3, -0.25) is 4.72 Å². The van der Waals surface area contributed by atoms with Crippen molar-refractivity contribution in [3.8, 4) is 0 Å². The van der Waals surface area contributed by atoms with Gasteiger partial charge in [0.25, 0.3) is 10.0 Å². The molecule has 0 atom stereocenters. The van der Waals surface area contributed by atoms with E-state index in [1.807, 2.05) is 19.9 Å². The number of thiophene rings is 1. The van der Waals surface area contributed by atoms with E-state index in [0.717, 1.165) is 17.0 Å². The van der Waals surface area contributed by atoms with E-state index in [4.69, 9.17) is 0 Å². The molecule has 108 valence electrons. The minimum absolute atomic E-state index is 0.353. The van der Waals surface area contributed by atoms with Gasteiger partial charge in [0, 0.05) is 17.1 Å². The molecule has 2 aromatic rings. The normalized spacial score (nSPS) is 11.5. The molecule has 0 radical (unpaired) electrons.